The lowest BCUT2D eigenvalue weighted by Gasteiger charge is -2.05. The number of aromatic nitrogens is 2. The van der Waals surface area contributed by atoms with E-state index in [-0.39, 0.29) is 11.8 Å². The Morgan fingerprint density at radius 1 is 1.04 bits per heavy atom. The molecule has 0 fully saturated rings. The Bertz CT molecular complexity index is 836. The molecule has 0 atom stereocenters. The van der Waals surface area contributed by atoms with Crippen LogP contribution in [0.5, 0.6) is 0 Å². The van der Waals surface area contributed by atoms with Gasteiger partial charge in [0.15, 0.2) is 0 Å². The molecule has 23 heavy (non-hydrogen) atoms. The van der Waals surface area contributed by atoms with E-state index < -0.39 is 5.91 Å². The van der Waals surface area contributed by atoms with Gasteiger partial charge in [0.25, 0.3) is 0 Å². The van der Waals surface area contributed by atoms with Gasteiger partial charge < -0.3 is 9.73 Å². The average Bonchev–Trinajstić information content (AvgIpc) is 2.97. The Morgan fingerprint density at radius 3 is 2.35 bits per heavy atom. The van der Waals surface area contributed by atoms with Crippen molar-refractivity contribution in [1.82, 2.24) is 10.2 Å². The first kappa shape index (κ1) is 15.2. The number of rotatable bonds is 3. The fourth-order valence-corrected chi connectivity index (χ4v) is 2.38. The number of carbonyl (C=O) groups is 1. The maximum absolute atomic E-state index is 12.2. The maximum atomic E-state index is 12.2. The molecule has 1 aromatic heterocycles. The number of nitrogens with zero attached hydrogens (tertiary/aromatic N) is 2. The number of benzene rings is 2. The molecule has 2 aromatic carbocycles. The van der Waals surface area contributed by atoms with Crippen LogP contribution in [-0.2, 0) is 0 Å². The minimum Gasteiger partial charge on any atom is -0.412 e. The zero-order chi connectivity index (χ0) is 16.4. The van der Waals surface area contributed by atoms with Crippen molar-refractivity contribution >= 4 is 23.2 Å². The molecule has 116 valence electrons. The molecule has 3 aromatic rings. The van der Waals surface area contributed by atoms with Crippen molar-refractivity contribution in [3.63, 3.8) is 0 Å². The van der Waals surface area contributed by atoms with Crippen molar-refractivity contribution in [3.05, 3.63) is 64.5 Å². The van der Waals surface area contributed by atoms with Gasteiger partial charge in [-0.1, -0.05) is 17.7 Å². The summed E-state index contributed by atoms with van der Waals surface area (Å²) < 4.78 is 5.43. The van der Waals surface area contributed by atoms with Crippen LogP contribution in [0.1, 0.15) is 21.8 Å². The van der Waals surface area contributed by atoms with E-state index in [1.807, 2.05) is 32.0 Å². The summed E-state index contributed by atoms with van der Waals surface area (Å²) in [6.45, 7) is 3.93. The number of halogens is 1. The van der Waals surface area contributed by atoms with Crippen molar-refractivity contribution in [3.8, 4) is 11.5 Å². The van der Waals surface area contributed by atoms with Gasteiger partial charge in [0.05, 0.1) is 0 Å². The maximum Gasteiger partial charge on any atom is 0.313 e. The number of anilines is 1. The van der Waals surface area contributed by atoms with Crippen LogP contribution in [0, 0.1) is 13.8 Å². The second-order valence-electron chi connectivity index (χ2n) is 5.25. The quantitative estimate of drug-likeness (QED) is 0.780. The third kappa shape index (κ3) is 3.57. The molecule has 0 saturated heterocycles. The second-order valence-corrected chi connectivity index (χ2v) is 5.69. The van der Waals surface area contributed by atoms with E-state index in [0.29, 0.717) is 16.3 Å². The van der Waals surface area contributed by atoms with E-state index in [9.17, 15) is 4.79 Å². The summed E-state index contributed by atoms with van der Waals surface area (Å²) in [5.41, 5.74) is 3.52. The van der Waals surface area contributed by atoms with Gasteiger partial charge in [-0.2, -0.15) is 0 Å². The second kappa shape index (κ2) is 6.22. The first-order chi connectivity index (χ1) is 11.0. The minimum absolute atomic E-state index is 0.0888. The van der Waals surface area contributed by atoms with Gasteiger partial charge in [-0.3, -0.25) is 4.79 Å². The Kier molecular flexibility index (Phi) is 4.12. The molecule has 6 heteroatoms. The zero-order valence-electron chi connectivity index (χ0n) is 12.6. The third-order valence-electron chi connectivity index (χ3n) is 3.19. The molecule has 1 amide bonds. The van der Waals surface area contributed by atoms with Gasteiger partial charge in [-0.15, -0.1) is 10.2 Å². The topological polar surface area (TPSA) is 68.0 Å². The summed E-state index contributed by atoms with van der Waals surface area (Å²) >= 11 is 5.84. The molecule has 0 saturated carbocycles. The monoisotopic (exact) mass is 327 g/mol. The predicted octanol–water partition coefficient (Wildman–Crippen LogP) is 4.26. The molecule has 0 aliphatic carbocycles. The van der Waals surface area contributed by atoms with Crippen LogP contribution in [0.25, 0.3) is 11.5 Å². The largest absolute Gasteiger partial charge is 0.412 e. The fraction of sp³-hybridized carbons (Fsp3) is 0.118. The number of aryl methyl sites for hydroxylation is 2. The van der Waals surface area contributed by atoms with Crippen LogP contribution >= 0.6 is 11.6 Å². The van der Waals surface area contributed by atoms with E-state index in [2.05, 4.69) is 15.5 Å². The van der Waals surface area contributed by atoms with Crippen molar-refractivity contribution in [2.75, 3.05) is 5.32 Å². The van der Waals surface area contributed by atoms with Crippen molar-refractivity contribution in [2.24, 2.45) is 0 Å². The first-order valence-corrected chi connectivity index (χ1v) is 7.38. The lowest BCUT2D eigenvalue weighted by molar-refractivity contribution is 0.0991. The Labute approximate surface area is 138 Å². The van der Waals surface area contributed by atoms with Crippen LogP contribution in [0.4, 0.5) is 5.69 Å². The van der Waals surface area contributed by atoms with Crippen LogP contribution in [-0.4, -0.2) is 16.1 Å². The summed E-state index contributed by atoms with van der Waals surface area (Å²) in [6.07, 6.45) is 0. The van der Waals surface area contributed by atoms with Gasteiger partial charge in [0, 0.05) is 16.3 Å². The van der Waals surface area contributed by atoms with E-state index in [1.54, 1.807) is 24.3 Å². The third-order valence-corrected chi connectivity index (χ3v) is 3.44. The predicted molar refractivity (Wildman–Crippen MR) is 88.6 cm³/mol. The number of nitrogens with one attached hydrogen (secondary N) is 1. The summed E-state index contributed by atoms with van der Waals surface area (Å²) in [5.74, 6) is -0.260. The molecule has 1 heterocycles. The Morgan fingerprint density at radius 2 is 1.70 bits per heavy atom. The Hall–Kier alpha value is -2.66. The molecule has 5 nitrogen and oxygen atoms in total. The van der Waals surface area contributed by atoms with Crippen LogP contribution in [0.2, 0.25) is 5.02 Å². The van der Waals surface area contributed by atoms with Crippen LogP contribution in [0.3, 0.4) is 0 Å². The molecular weight excluding hydrogens is 314 g/mol. The summed E-state index contributed by atoms with van der Waals surface area (Å²) in [6, 6.07) is 12.7. The molecule has 1 N–H and O–H groups in total. The molecule has 0 aliphatic heterocycles. The van der Waals surface area contributed by atoms with E-state index in [4.69, 9.17) is 16.0 Å². The van der Waals surface area contributed by atoms with Crippen LogP contribution < -0.4 is 5.32 Å². The molecule has 0 unspecified atom stereocenters. The molecule has 0 radical (unpaired) electrons. The van der Waals surface area contributed by atoms with E-state index in [1.165, 1.54) is 0 Å². The van der Waals surface area contributed by atoms with Gasteiger partial charge in [-0.05, 0) is 61.4 Å². The van der Waals surface area contributed by atoms with Crippen molar-refractivity contribution in [2.45, 2.75) is 13.8 Å². The molecule has 0 aliphatic rings. The van der Waals surface area contributed by atoms with Gasteiger partial charge in [-0.25, -0.2) is 0 Å². The smallest absolute Gasteiger partial charge is 0.313 e. The summed E-state index contributed by atoms with van der Waals surface area (Å²) in [4.78, 5) is 12.2. The number of amides is 1. The summed E-state index contributed by atoms with van der Waals surface area (Å²) in [5, 5.41) is 11.1. The summed E-state index contributed by atoms with van der Waals surface area (Å²) in [7, 11) is 0. The molecule has 0 bridgehead atoms. The zero-order valence-corrected chi connectivity index (χ0v) is 13.4. The highest BCUT2D eigenvalue weighted by atomic mass is 35.5. The van der Waals surface area contributed by atoms with Crippen LogP contribution in [0.15, 0.2) is 46.9 Å². The normalized spacial score (nSPS) is 10.6. The molecular formula is C17H14ClN3O2. The molecule has 3 rings (SSSR count). The number of hydrogen-bond acceptors (Lipinski definition) is 4. The standard InChI is InChI=1S/C17H14ClN3O2/c1-10-7-11(2)9-14(8-10)19-15(22)17-21-20-16(23-17)12-3-5-13(18)6-4-12/h3-9H,1-2H3,(H,19,22). The van der Waals surface area contributed by atoms with Gasteiger partial charge >= 0.3 is 11.8 Å². The fourth-order valence-electron chi connectivity index (χ4n) is 2.26. The average molecular weight is 328 g/mol. The number of carbonyl (C=O) groups excluding carboxylic acids is 1. The lowest BCUT2D eigenvalue weighted by Crippen LogP contribution is -2.12. The van der Waals surface area contributed by atoms with E-state index in [0.717, 1.165) is 11.1 Å². The lowest BCUT2D eigenvalue weighted by atomic mass is 10.1. The first-order valence-electron chi connectivity index (χ1n) is 7.00. The highest BCUT2D eigenvalue weighted by molar-refractivity contribution is 6.30. The highest BCUT2D eigenvalue weighted by Gasteiger charge is 2.16. The highest BCUT2D eigenvalue weighted by Crippen LogP contribution is 2.21. The van der Waals surface area contributed by atoms with Crippen molar-refractivity contribution in [1.29, 1.82) is 0 Å². The van der Waals surface area contributed by atoms with Gasteiger partial charge in [0.2, 0.25) is 5.89 Å². The van der Waals surface area contributed by atoms with E-state index >= 15 is 0 Å². The number of hydrogen-bond donors (Lipinski definition) is 1. The van der Waals surface area contributed by atoms with Gasteiger partial charge in [0.1, 0.15) is 0 Å². The SMILES string of the molecule is Cc1cc(C)cc(NC(=O)c2nnc(-c3ccc(Cl)cc3)o2)c1. The van der Waals surface area contributed by atoms with Crippen molar-refractivity contribution < 1.29 is 9.21 Å². The minimum atomic E-state index is -0.442. The Balaban J connectivity index is 1.79. The molecule has 0 spiro atoms.